The van der Waals surface area contributed by atoms with E-state index in [9.17, 15) is 14.7 Å². The summed E-state index contributed by atoms with van der Waals surface area (Å²) in [5, 5.41) is 14.4. The van der Waals surface area contributed by atoms with E-state index in [0.717, 1.165) is 17.2 Å². The number of aliphatic carboxylic acids is 1. The van der Waals surface area contributed by atoms with Gasteiger partial charge in [-0.3, -0.25) is 4.79 Å². The van der Waals surface area contributed by atoms with E-state index >= 15 is 0 Å². The topological polar surface area (TPSA) is 127 Å². The van der Waals surface area contributed by atoms with Gasteiger partial charge in [-0.05, 0) is 30.3 Å². The van der Waals surface area contributed by atoms with Crippen molar-refractivity contribution < 1.29 is 19.4 Å². The maximum atomic E-state index is 11.6. The Morgan fingerprint density at radius 2 is 1.60 bits per heavy atom. The van der Waals surface area contributed by atoms with Gasteiger partial charge in [0.25, 0.3) is 5.91 Å². The molecule has 0 aliphatic carbocycles. The number of carbonyl (C=O) groups is 2. The molecule has 0 heterocycles. The van der Waals surface area contributed by atoms with Gasteiger partial charge in [0.1, 0.15) is 5.75 Å². The highest BCUT2D eigenvalue weighted by molar-refractivity contribution is 6.13. The third kappa shape index (κ3) is 5.92. The lowest BCUT2D eigenvalue weighted by Crippen LogP contribution is -2.22. The standard InChI is InChI=1S/C18H16N2O4.H3N/c1-24-15-9-7-14(8-10-15)18(13-5-3-2-4-6-13)20-19-16(21)11-12-17(22)23;/h2-12H,1H3,(H,19,21)(H,22,23);1H3/b12-11-,20-18+;. The van der Waals surface area contributed by atoms with E-state index in [4.69, 9.17) is 4.74 Å². The average molecular weight is 341 g/mol. The first kappa shape index (κ1) is 19.6. The number of hydrazone groups is 1. The van der Waals surface area contributed by atoms with Gasteiger partial charge in [-0.15, -0.1) is 0 Å². The van der Waals surface area contributed by atoms with Gasteiger partial charge in [-0.25, -0.2) is 5.43 Å². The molecule has 130 valence electrons. The zero-order valence-electron chi connectivity index (χ0n) is 13.9. The van der Waals surface area contributed by atoms with Gasteiger partial charge in [0, 0.05) is 17.2 Å². The number of amides is 1. The molecule has 0 atom stereocenters. The molecule has 2 rings (SSSR count). The second-order valence-electron chi connectivity index (χ2n) is 4.68. The van der Waals surface area contributed by atoms with Crippen molar-refractivity contribution in [2.75, 3.05) is 7.11 Å². The van der Waals surface area contributed by atoms with Crippen molar-refractivity contribution in [2.45, 2.75) is 0 Å². The molecule has 0 aliphatic rings. The molecule has 0 aliphatic heterocycles. The average Bonchev–Trinajstić information content (AvgIpc) is 2.61. The fourth-order valence-corrected chi connectivity index (χ4v) is 1.93. The van der Waals surface area contributed by atoms with Gasteiger partial charge in [0.2, 0.25) is 0 Å². The van der Waals surface area contributed by atoms with Crippen LogP contribution in [0.1, 0.15) is 11.1 Å². The van der Waals surface area contributed by atoms with Crippen LogP contribution in [0.3, 0.4) is 0 Å². The fourth-order valence-electron chi connectivity index (χ4n) is 1.93. The minimum Gasteiger partial charge on any atom is -0.545 e. The first-order valence-electron chi connectivity index (χ1n) is 7.06. The first-order chi connectivity index (χ1) is 11.6. The van der Waals surface area contributed by atoms with Gasteiger partial charge in [0.15, 0.2) is 0 Å². The maximum absolute atomic E-state index is 11.6. The van der Waals surface area contributed by atoms with Crippen LogP contribution >= 0.6 is 0 Å². The summed E-state index contributed by atoms with van der Waals surface area (Å²) >= 11 is 0. The van der Waals surface area contributed by atoms with Crippen molar-refractivity contribution in [3.05, 3.63) is 77.9 Å². The zero-order chi connectivity index (χ0) is 17.4. The van der Waals surface area contributed by atoms with Crippen LogP contribution in [0.5, 0.6) is 5.75 Å². The molecule has 1 amide bonds. The Bertz CT molecular complexity index is 769. The molecule has 0 spiro atoms. The van der Waals surface area contributed by atoms with E-state index in [1.54, 1.807) is 19.2 Å². The third-order valence-electron chi connectivity index (χ3n) is 3.06. The highest BCUT2D eigenvalue weighted by Crippen LogP contribution is 2.15. The Balaban J connectivity index is 0.00000312. The monoisotopic (exact) mass is 341 g/mol. The molecular formula is C18H19N3O4. The number of nitrogens with one attached hydrogen (secondary N) is 1. The van der Waals surface area contributed by atoms with Crippen molar-refractivity contribution in [3.63, 3.8) is 0 Å². The molecule has 5 N–H and O–H groups in total. The van der Waals surface area contributed by atoms with Gasteiger partial charge in [0.05, 0.1) is 18.8 Å². The van der Waals surface area contributed by atoms with Crippen LogP contribution in [-0.4, -0.2) is 24.7 Å². The van der Waals surface area contributed by atoms with Crippen molar-refractivity contribution in [1.82, 2.24) is 11.6 Å². The number of rotatable bonds is 6. The molecule has 0 fully saturated rings. The van der Waals surface area contributed by atoms with Gasteiger partial charge in [-0.1, -0.05) is 30.3 Å². The highest BCUT2D eigenvalue weighted by Gasteiger charge is 2.08. The van der Waals surface area contributed by atoms with Crippen LogP contribution in [0.4, 0.5) is 0 Å². The number of hydrogen-bond acceptors (Lipinski definition) is 5. The molecule has 0 unspecified atom stereocenters. The van der Waals surface area contributed by atoms with E-state index in [2.05, 4.69) is 10.5 Å². The SMILES string of the molecule is COc1ccc(/C(=N/NC(=O)/C=C\C(=O)[O-])c2ccccc2)cc1.[NH4+]. The largest absolute Gasteiger partial charge is 0.545 e. The highest BCUT2D eigenvalue weighted by atomic mass is 16.5. The van der Waals surface area contributed by atoms with E-state index in [1.165, 1.54) is 0 Å². The van der Waals surface area contributed by atoms with Gasteiger partial charge < -0.3 is 20.8 Å². The number of carboxylic acid groups (broad SMARTS) is 1. The normalized spacial score (nSPS) is 10.8. The molecule has 0 aromatic heterocycles. The Hall–Kier alpha value is -3.45. The third-order valence-corrected chi connectivity index (χ3v) is 3.06. The number of methoxy groups -OCH3 is 1. The van der Waals surface area contributed by atoms with E-state index in [0.29, 0.717) is 17.5 Å². The van der Waals surface area contributed by atoms with Crippen LogP contribution in [0.25, 0.3) is 0 Å². The molecule has 7 nitrogen and oxygen atoms in total. The predicted molar refractivity (Wildman–Crippen MR) is 93.3 cm³/mol. The smallest absolute Gasteiger partial charge is 0.264 e. The second kappa shape index (κ2) is 9.64. The summed E-state index contributed by atoms with van der Waals surface area (Å²) in [5.41, 5.74) is 4.41. The van der Waals surface area contributed by atoms with Crippen LogP contribution in [-0.2, 0) is 9.59 Å². The number of hydrogen-bond donors (Lipinski definition) is 2. The summed E-state index contributed by atoms with van der Waals surface area (Å²) < 4.78 is 5.13. The lowest BCUT2D eigenvalue weighted by atomic mass is 10.0. The van der Waals surface area contributed by atoms with E-state index in [-0.39, 0.29) is 6.15 Å². The van der Waals surface area contributed by atoms with E-state index < -0.39 is 11.9 Å². The van der Waals surface area contributed by atoms with Crippen LogP contribution in [0, 0.1) is 0 Å². The summed E-state index contributed by atoms with van der Waals surface area (Å²) in [4.78, 5) is 21.9. The summed E-state index contributed by atoms with van der Waals surface area (Å²) in [6.07, 6.45) is 1.48. The number of quaternary nitrogens is 1. The number of nitrogens with zero attached hydrogens (tertiary/aromatic N) is 1. The molecule has 7 heteroatoms. The van der Waals surface area contributed by atoms with Crippen molar-refractivity contribution in [3.8, 4) is 5.75 Å². The second-order valence-corrected chi connectivity index (χ2v) is 4.68. The minimum absolute atomic E-state index is 0. The Kier molecular flexibility index (Phi) is 7.55. The molecular weight excluding hydrogens is 322 g/mol. The molecule has 0 bridgehead atoms. The lowest BCUT2D eigenvalue weighted by Gasteiger charge is -2.08. The number of ether oxygens (including phenoxy) is 1. The summed E-state index contributed by atoms with van der Waals surface area (Å²) in [6, 6.07) is 16.5. The number of carbonyl (C=O) groups excluding carboxylic acids is 2. The number of carboxylic acids is 1. The van der Waals surface area contributed by atoms with Crippen molar-refractivity contribution >= 4 is 17.6 Å². The Labute approximate surface area is 145 Å². The molecule has 0 radical (unpaired) electrons. The molecule has 0 saturated heterocycles. The molecule has 2 aromatic rings. The van der Waals surface area contributed by atoms with Crippen LogP contribution in [0.15, 0.2) is 71.9 Å². The van der Waals surface area contributed by atoms with Crippen LogP contribution in [0.2, 0.25) is 0 Å². The molecule has 25 heavy (non-hydrogen) atoms. The van der Waals surface area contributed by atoms with Gasteiger partial charge in [-0.2, -0.15) is 5.10 Å². The van der Waals surface area contributed by atoms with E-state index in [1.807, 2.05) is 42.5 Å². The Morgan fingerprint density at radius 1 is 1.00 bits per heavy atom. The quantitative estimate of drug-likeness (QED) is 0.465. The predicted octanol–water partition coefficient (Wildman–Crippen LogP) is 1.25. The fraction of sp³-hybridized carbons (Fsp3) is 0.0556. The lowest BCUT2D eigenvalue weighted by molar-refractivity contribution is -0.297. The first-order valence-corrected chi connectivity index (χ1v) is 7.06. The molecule has 0 saturated carbocycles. The van der Waals surface area contributed by atoms with Crippen molar-refractivity contribution in [1.29, 1.82) is 0 Å². The van der Waals surface area contributed by atoms with Crippen molar-refractivity contribution in [2.24, 2.45) is 5.10 Å². The number of benzene rings is 2. The maximum Gasteiger partial charge on any atom is 0.264 e. The van der Waals surface area contributed by atoms with Crippen LogP contribution < -0.4 is 21.4 Å². The summed E-state index contributed by atoms with van der Waals surface area (Å²) in [6.45, 7) is 0. The summed E-state index contributed by atoms with van der Waals surface area (Å²) in [5.74, 6) is -1.42. The zero-order valence-corrected chi connectivity index (χ0v) is 13.9. The Morgan fingerprint density at radius 3 is 2.16 bits per heavy atom. The molecule has 2 aromatic carbocycles. The van der Waals surface area contributed by atoms with Gasteiger partial charge >= 0.3 is 0 Å². The minimum atomic E-state index is -1.45. The summed E-state index contributed by atoms with van der Waals surface area (Å²) in [7, 11) is 1.57.